The smallest absolute Gasteiger partial charge is 0.417 e. The number of rotatable bonds is 2. The zero-order valence-electron chi connectivity index (χ0n) is 33.5. The Morgan fingerprint density at radius 1 is 0.610 bits per heavy atom. The van der Waals surface area contributed by atoms with Crippen LogP contribution in [0.4, 0.5) is 13.2 Å². The van der Waals surface area contributed by atoms with E-state index in [-0.39, 0.29) is 0 Å². The van der Waals surface area contributed by atoms with Crippen LogP contribution in [0.3, 0.4) is 0 Å². The van der Waals surface area contributed by atoms with Crippen LogP contribution in [0.15, 0.2) is 138 Å². The summed E-state index contributed by atoms with van der Waals surface area (Å²) >= 11 is 3.32. The fraction of sp³-hybridized carbons (Fsp3) is 0.182. The van der Waals surface area contributed by atoms with Gasteiger partial charge in [0.05, 0.1) is 28.3 Å². The maximum Gasteiger partial charge on any atom is 0.417 e. The van der Waals surface area contributed by atoms with Gasteiger partial charge in [-0.05, 0) is 107 Å². The summed E-state index contributed by atoms with van der Waals surface area (Å²) in [6.45, 7) is 11.3. The second-order valence-electron chi connectivity index (χ2n) is 12.2. The molecule has 304 valence electrons. The number of benzene rings is 2. The molecule has 0 aliphatic heterocycles. The third kappa shape index (κ3) is 16.1. The number of oxazole rings is 1. The third-order valence-corrected chi connectivity index (χ3v) is 9.20. The van der Waals surface area contributed by atoms with Crippen molar-refractivity contribution in [3.63, 3.8) is 0 Å². The van der Waals surface area contributed by atoms with Gasteiger partial charge in [-0.2, -0.15) is 13.2 Å². The molecule has 0 saturated heterocycles. The van der Waals surface area contributed by atoms with E-state index in [1.54, 1.807) is 67.6 Å². The number of nitrogens with zero attached hydrogens (tertiary/aromatic N) is 8. The Kier molecular flexibility index (Phi) is 17.7. The Balaban J connectivity index is 0.000000157. The number of alkyl halides is 3. The van der Waals surface area contributed by atoms with Gasteiger partial charge in [0.1, 0.15) is 33.3 Å². The molecule has 0 aliphatic carbocycles. The molecular weight excluding hydrogens is 794 g/mol. The van der Waals surface area contributed by atoms with Crippen LogP contribution >= 0.6 is 22.7 Å². The molecule has 0 aliphatic rings. The van der Waals surface area contributed by atoms with Gasteiger partial charge in [0.25, 0.3) is 0 Å². The number of halogens is 3. The van der Waals surface area contributed by atoms with Crippen LogP contribution in [0.25, 0.3) is 32.0 Å². The third-order valence-electron chi connectivity index (χ3n) is 7.41. The highest BCUT2D eigenvalue weighted by molar-refractivity contribution is 7.18. The number of ether oxygens (including phenoxy) is 1. The predicted octanol–water partition coefficient (Wildman–Crippen LogP) is 11.8. The number of thiazole rings is 1. The van der Waals surface area contributed by atoms with Crippen molar-refractivity contribution in [2.24, 2.45) is 0 Å². The molecule has 9 aromatic rings. The molecule has 10 nitrogen and oxygen atoms in total. The number of para-hydroxylation sites is 2. The van der Waals surface area contributed by atoms with E-state index in [1.165, 1.54) is 16.5 Å². The average molecular weight is 837 g/mol. The van der Waals surface area contributed by atoms with E-state index in [0.29, 0.717) is 5.69 Å². The first-order chi connectivity index (χ1) is 28.3. The lowest BCUT2D eigenvalue weighted by atomic mass is 10.2. The summed E-state index contributed by atoms with van der Waals surface area (Å²) in [5.41, 5.74) is 4.94. The van der Waals surface area contributed by atoms with E-state index in [0.717, 1.165) is 67.7 Å². The highest BCUT2D eigenvalue weighted by Gasteiger charge is 2.30. The predicted molar refractivity (Wildman–Crippen MR) is 229 cm³/mol. The molecular formula is C44H43F3N8O2S2. The summed E-state index contributed by atoms with van der Waals surface area (Å²) in [7, 11) is 1.67. The first kappa shape index (κ1) is 45.3. The van der Waals surface area contributed by atoms with Crippen molar-refractivity contribution in [1.29, 1.82) is 0 Å². The van der Waals surface area contributed by atoms with E-state index in [1.807, 2.05) is 106 Å². The van der Waals surface area contributed by atoms with E-state index in [4.69, 9.17) is 9.15 Å². The molecule has 2 aromatic carbocycles. The number of thiophene rings is 1. The fourth-order valence-electron chi connectivity index (χ4n) is 4.57. The molecule has 9 rings (SSSR count). The maximum absolute atomic E-state index is 11.9. The Labute approximate surface area is 349 Å². The molecule has 0 bridgehead atoms. The van der Waals surface area contributed by atoms with Gasteiger partial charge in [-0.3, -0.25) is 4.98 Å². The molecule has 59 heavy (non-hydrogen) atoms. The van der Waals surface area contributed by atoms with E-state index in [2.05, 4.69) is 52.9 Å². The zero-order valence-corrected chi connectivity index (χ0v) is 35.2. The Hall–Kier alpha value is -6.45. The van der Waals surface area contributed by atoms with Crippen molar-refractivity contribution < 1.29 is 22.3 Å². The minimum absolute atomic E-state index is 0.581. The van der Waals surface area contributed by atoms with E-state index in [9.17, 15) is 13.2 Å². The van der Waals surface area contributed by atoms with Gasteiger partial charge in [0.15, 0.2) is 11.5 Å². The van der Waals surface area contributed by atoms with E-state index < -0.39 is 11.7 Å². The van der Waals surface area contributed by atoms with Gasteiger partial charge in [-0.25, -0.2) is 34.9 Å². The molecule has 7 aromatic heterocycles. The quantitative estimate of drug-likeness (QED) is 0.166. The molecule has 7 heterocycles. The van der Waals surface area contributed by atoms with Crippen LogP contribution in [-0.2, 0) is 6.18 Å². The lowest BCUT2D eigenvalue weighted by molar-refractivity contribution is -0.137. The molecule has 0 saturated carbocycles. The molecule has 15 heteroatoms. The Morgan fingerprint density at radius 2 is 1.31 bits per heavy atom. The molecule has 0 radical (unpaired) electrons. The minimum Gasteiger partial charge on any atom is -0.497 e. The van der Waals surface area contributed by atoms with Crippen LogP contribution in [0, 0.1) is 41.5 Å². The summed E-state index contributed by atoms with van der Waals surface area (Å²) in [5.74, 6) is 3.28. The average Bonchev–Trinajstić information content (AvgIpc) is 3.99. The minimum atomic E-state index is -4.28. The van der Waals surface area contributed by atoms with Crippen LogP contribution in [0.1, 0.15) is 39.4 Å². The fourth-order valence-corrected chi connectivity index (χ4v) is 6.02. The standard InChI is InChI=1S/C9H8N2S.C8H7NO.C8H10O.C7H6F3N.C7H6N2S.C5H6N2/c1-7-10-5-4-8(11-7)9-3-2-6-12-9;1-6-9-7-4-2-3-5-8(7)10-6;1-7-3-5-8(9-2)6-4-7;1-5-2-3-6(4-11-5)7(8,9)10;1-5-9-6-3-2-4-8-7(6)10-5;1-5-6-3-2-4-7-5/h2-6H,1H3;2-5H,1H3;3-6H,1-2H3;2-4H,1H3;2-4H,1H3;2-4H,1H3. The molecule has 0 atom stereocenters. The highest BCUT2D eigenvalue weighted by atomic mass is 32.1. The zero-order chi connectivity index (χ0) is 42.6. The van der Waals surface area contributed by atoms with Crippen molar-refractivity contribution in [2.45, 2.75) is 47.7 Å². The number of aromatic nitrogens is 8. The molecule has 0 N–H and O–H groups in total. The van der Waals surface area contributed by atoms with Gasteiger partial charge >= 0.3 is 6.18 Å². The molecule has 0 spiro atoms. The number of pyridine rings is 2. The summed E-state index contributed by atoms with van der Waals surface area (Å²) in [4.78, 5) is 34.4. The summed E-state index contributed by atoms with van der Waals surface area (Å²) in [5, 5.41) is 3.13. The molecule has 0 unspecified atom stereocenters. The first-order valence-electron chi connectivity index (χ1n) is 18.0. The first-order valence-corrected chi connectivity index (χ1v) is 19.7. The SMILES string of the molecule is COc1ccc(C)cc1.Cc1ccc(C(F)(F)F)cn1.Cc1nc2ccccc2o1.Cc1nc2cccnc2s1.Cc1nccc(-c2cccs2)n1.Cc1ncccn1. The molecule has 0 fully saturated rings. The Bertz CT molecular complexity index is 2410. The van der Waals surface area contributed by atoms with Gasteiger partial charge in [0.2, 0.25) is 0 Å². The monoisotopic (exact) mass is 836 g/mol. The number of hydrogen-bond acceptors (Lipinski definition) is 12. The van der Waals surface area contributed by atoms with Crippen LogP contribution in [-0.4, -0.2) is 47.0 Å². The van der Waals surface area contributed by atoms with Crippen molar-refractivity contribution in [1.82, 2.24) is 39.9 Å². The van der Waals surface area contributed by atoms with Gasteiger partial charge in [-0.15, -0.1) is 11.3 Å². The number of methoxy groups -OCH3 is 1. The number of fused-ring (bicyclic) bond motifs is 2. The Morgan fingerprint density at radius 3 is 1.88 bits per heavy atom. The topological polar surface area (TPSA) is 125 Å². The lowest BCUT2D eigenvalue weighted by Crippen LogP contribution is -2.05. The maximum atomic E-state index is 11.9. The second-order valence-corrected chi connectivity index (χ2v) is 14.4. The number of aryl methyl sites for hydroxylation is 6. The lowest BCUT2D eigenvalue weighted by Gasteiger charge is -2.04. The van der Waals surface area contributed by atoms with Gasteiger partial charge in [-0.1, -0.05) is 47.2 Å². The van der Waals surface area contributed by atoms with Crippen molar-refractivity contribution >= 4 is 44.1 Å². The summed E-state index contributed by atoms with van der Waals surface area (Å²) < 4.78 is 45.9. The number of hydrogen-bond donors (Lipinski definition) is 0. The van der Waals surface area contributed by atoms with Crippen molar-refractivity contribution in [3.8, 4) is 16.3 Å². The van der Waals surface area contributed by atoms with Gasteiger partial charge in [0, 0.05) is 43.6 Å². The molecule has 0 amide bonds. The second kappa shape index (κ2) is 23.1. The van der Waals surface area contributed by atoms with Crippen molar-refractivity contribution in [3.05, 3.63) is 173 Å². The normalized spacial score (nSPS) is 10.2. The largest absolute Gasteiger partial charge is 0.497 e. The summed E-state index contributed by atoms with van der Waals surface area (Å²) in [6, 6.07) is 29.7. The van der Waals surface area contributed by atoms with Crippen LogP contribution < -0.4 is 4.74 Å². The van der Waals surface area contributed by atoms with Gasteiger partial charge < -0.3 is 9.15 Å². The summed E-state index contributed by atoms with van der Waals surface area (Å²) in [6.07, 6.45) is 3.58. The highest BCUT2D eigenvalue weighted by Crippen LogP contribution is 2.28. The van der Waals surface area contributed by atoms with Crippen molar-refractivity contribution in [2.75, 3.05) is 7.11 Å². The van der Waals surface area contributed by atoms with Crippen LogP contribution in [0.5, 0.6) is 5.75 Å². The van der Waals surface area contributed by atoms with E-state index >= 15 is 0 Å². The van der Waals surface area contributed by atoms with Crippen LogP contribution in [0.2, 0.25) is 0 Å².